The number of carbonyl (C=O) groups excluding carboxylic acids is 2. The lowest BCUT2D eigenvalue weighted by Gasteiger charge is -2.28. The molecule has 5 N–H and O–H groups in total. The second-order valence-electron chi connectivity index (χ2n) is 9.68. The number of nitrogens with zero attached hydrogens (tertiary/aromatic N) is 1. The molecule has 2 amide bonds. The monoisotopic (exact) mass is 499 g/mol. The maximum atomic E-state index is 14.0. The van der Waals surface area contributed by atoms with Gasteiger partial charge < -0.3 is 21.3 Å². The van der Waals surface area contributed by atoms with Crippen LogP contribution >= 0.6 is 0 Å². The van der Waals surface area contributed by atoms with Crippen LogP contribution in [0.5, 0.6) is 0 Å². The minimum Gasteiger partial charge on any atom is -0.391 e. The van der Waals surface area contributed by atoms with Gasteiger partial charge in [-0.1, -0.05) is 30.3 Å². The first-order chi connectivity index (χ1) is 16.9. The summed E-state index contributed by atoms with van der Waals surface area (Å²) in [5.74, 6) is -4.01. The number of primary amides is 1. The molecule has 9 heteroatoms. The van der Waals surface area contributed by atoms with E-state index in [0.29, 0.717) is 6.42 Å². The number of halogens is 2. The fraction of sp³-hybridized carbons (Fsp3) is 0.370. The number of amides is 2. The highest BCUT2D eigenvalue weighted by Gasteiger charge is 2.29. The number of nitrogens with two attached hydrogens (primary N) is 1. The summed E-state index contributed by atoms with van der Waals surface area (Å²) in [4.78, 5) is 29.0. The minimum atomic E-state index is -1.13. The van der Waals surface area contributed by atoms with Crippen molar-refractivity contribution in [3.05, 3.63) is 77.5 Å². The molecule has 0 aliphatic rings. The Balaban J connectivity index is 1.82. The number of pyridine rings is 1. The Labute approximate surface area is 208 Å². The number of hydrogen-bond acceptors (Lipinski definition) is 5. The summed E-state index contributed by atoms with van der Waals surface area (Å²) in [6.07, 6.45) is 0.854. The van der Waals surface area contributed by atoms with E-state index in [1.54, 1.807) is 13.8 Å². The lowest BCUT2D eigenvalue weighted by Crippen LogP contribution is -2.46. The average molecular weight is 500 g/mol. The largest absolute Gasteiger partial charge is 0.391 e. The lowest BCUT2D eigenvalue weighted by atomic mass is 9.87. The molecule has 0 radical (unpaired) electrons. The Morgan fingerprint density at radius 2 is 1.83 bits per heavy atom. The predicted molar refractivity (Wildman–Crippen MR) is 132 cm³/mol. The van der Waals surface area contributed by atoms with Gasteiger partial charge in [0.25, 0.3) is 5.91 Å². The van der Waals surface area contributed by atoms with E-state index in [1.165, 1.54) is 12.1 Å². The van der Waals surface area contributed by atoms with E-state index in [-0.39, 0.29) is 35.7 Å². The summed E-state index contributed by atoms with van der Waals surface area (Å²) in [7, 11) is 0. The van der Waals surface area contributed by atoms with Crippen LogP contribution in [0.3, 0.4) is 0 Å². The summed E-state index contributed by atoms with van der Waals surface area (Å²) in [6, 6.07) is 12.1. The topological polar surface area (TPSA) is 126 Å². The Morgan fingerprint density at radius 1 is 1.14 bits per heavy atom. The van der Waals surface area contributed by atoms with Gasteiger partial charge in [0.1, 0.15) is 5.52 Å². The molecular formula is C27H31F2N3O4. The Kier molecular flexibility index (Phi) is 8.70. The molecule has 1 aromatic heterocycles. The molecule has 3 aromatic rings. The van der Waals surface area contributed by atoms with Crippen LogP contribution < -0.4 is 11.1 Å². The molecule has 1 heterocycles. The van der Waals surface area contributed by atoms with Gasteiger partial charge in [-0.15, -0.1) is 0 Å². The second-order valence-corrected chi connectivity index (χ2v) is 9.68. The molecule has 192 valence electrons. The van der Waals surface area contributed by atoms with Crippen molar-refractivity contribution in [3.63, 3.8) is 0 Å². The van der Waals surface area contributed by atoms with Crippen molar-refractivity contribution >= 4 is 22.7 Å². The third kappa shape index (κ3) is 7.29. The molecule has 0 aliphatic heterocycles. The van der Waals surface area contributed by atoms with Crippen molar-refractivity contribution < 1.29 is 28.6 Å². The number of aromatic nitrogens is 1. The summed E-state index contributed by atoms with van der Waals surface area (Å²) >= 11 is 0. The smallest absolute Gasteiger partial charge is 0.253 e. The zero-order chi connectivity index (χ0) is 26.5. The van der Waals surface area contributed by atoms with Crippen LogP contribution in [0.25, 0.3) is 10.9 Å². The molecular weight excluding hydrogens is 468 g/mol. The second kappa shape index (κ2) is 11.5. The van der Waals surface area contributed by atoms with Gasteiger partial charge in [-0.25, -0.2) is 8.78 Å². The number of aliphatic hydroxyl groups is 2. The van der Waals surface area contributed by atoms with E-state index >= 15 is 0 Å². The molecule has 0 saturated carbocycles. The molecule has 7 nitrogen and oxygen atoms in total. The van der Waals surface area contributed by atoms with Crippen molar-refractivity contribution in [1.29, 1.82) is 0 Å². The SMILES string of the molecule is CC(C)(O)CC[C@@H](C[C@H](O)[C@H](Cc1ccccc1)NC(=O)c1cnc2c(F)c(F)ccc2c1)C(N)=O. The molecule has 36 heavy (non-hydrogen) atoms. The van der Waals surface area contributed by atoms with Crippen molar-refractivity contribution in [2.75, 3.05) is 0 Å². The summed E-state index contributed by atoms with van der Waals surface area (Å²) in [5, 5.41) is 24.1. The highest BCUT2D eigenvalue weighted by atomic mass is 19.2. The Morgan fingerprint density at radius 3 is 2.47 bits per heavy atom. The van der Waals surface area contributed by atoms with Crippen molar-refractivity contribution in [1.82, 2.24) is 10.3 Å². The van der Waals surface area contributed by atoms with E-state index in [2.05, 4.69) is 10.3 Å². The van der Waals surface area contributed by atoms with Crippen LogP contribution in [-0.2, 0) is 11.2 Å². The van der Waals surface area contributed by atoms with Crippen molar-refractivity contribution in [2.24, 2.45) is 11.7 Å². The predicted octanol–water partition coefficient (Wildman–Crippen LogP) is 3.26. The normalized spacial score (nSPS) is 14.3. The minimum absolute atomic E-state index is 0.0103. The van der Waals surface area contributed by atoms with Crippen molar-refractivity contribution in [2.45, 2.75) is 57.3 Å². The van der Waals surface area contributed by atoms with Crippen LogP contribution in [0.4, 0.5) is 8.78 Å². The van der Waals surface area contributed by atoms with Crippen molar-refractivity contribution in [3.8, 4) is 0 Å². The third-order valence-electron chi connectivity index (χ3n) is 6.12. The van der Waals surface area contributed by atoms with E-state index in [4.69, 9.17) is 5.73 Å². The van der Waals surface area contributed by atoms with E-state index in [0.717, 1.165) is 17.8 Å². The number of carbonyl (C=O) groups is 2. The zero-order valence-corrected chi connectivity index (χ0v) is 20.2. The van der Waals surface area contributed by atoms with Gasteiger partial charge in [0.2, 0.25) is 5.91 Å². The van der Waals surface area contributed by atoms with Gasteiger partial charge >= 0.3 is 0 Å². The number of aliphatic hydroxyl groups excluding tert-OH is 1. The van der Waals surface area contributed by atoms with Crippen LogP contribution in [-0.4, -0.2) is 44.8 Å². The van der Waals surface area contributed by atoms with E-state index in [1.807, 2.05) is 30.3 Å². The number of fused-ring (bicyclic) bond motifs is 1. The quantitative estimate of drug-likeness (QED) is 0.322. The lowest BCUT2D eigenvalue weighted by molar-refractivity contribution is -0.123. The zero-order valence-electron chi connectivity index (χ0n) is 20.2. The summed E-state index contributed by atoms with van der Waals surface area (Å²) in [5.41, 5.74) is 5.32. The Hall–Kier alpha value is -3.43. The van der Waals surface area contributed by atoms with Crippen LogP contribution in [0.2, 0.25) is 0 Å². The van der Waals surface area contributed by atoms with Crippen LogP contribution in [0, 0.1) is 17.6 Å². The van der Waals surface area contributed by atoms with E-state index < -0.39 is 47.1 Å². The molecule has 0 bridgehead atoms. The Bertz CT molecular complexity index is 1210. The first-order valence-corrected chi connectivity index (χ1v) is 11.7. The molecule has 0 unspecified atom stereocenters. The number of benzene rings is 2. The molecule has 0 aliphatic carbocycles. The highest BCUT2D eigenvalue weighted by molar-refractivity contribution is 5.97. The van der Waals surface area contributed by atoms with E-state index in [9.17, 15) is 28.6 Å². The molecule has 0 saturated heterocycles. The average Bonchev–Trinajstić information content (AvgIpc) is 2.83. The van der Waals surface area contributed by atoms with Gasteiger partial charge in [-0.05, 0) is 63.3 Å². The van der Waals surface area contributed by atoms with Gasteiger partial charge in [0, 0.05) is 17.5 Å². The third-order valence-corrected chi connectivity index (χ3v) is 6.12. The number of rotatable bonds is 11. The van der Waals surface area contributed by atoms with Gasteiger partial charge in [-0.2, -0.15) is 0 Å². The fourth-order valence-electron chi connectivity index (χ4n) is 4.03. The molecule has 3 rings (SSSR count). The fourth-order valence-corrected chi connectivity index (χ4v) is 4.03. The first kappa shape index (κ1) is 27.2. The van der Waals surface area contributed by atoms with Gasteiger partial charge in [0.15, 0.2) is 11.6 Å². The number of hydrogen-bond donors (Lipinski definition) is 4. The maximum Gasteiger partial charge on any atom is 0.253 e. The molecule has 0 fully saturated rings. The summed E-state index contributed by atoms with van der Waals surface area (Å²) in [6.45, 7) is 3.25. The van der Waals surface area contributed by atoms with Crippen LogP contribution in [0.1, 0.15) is 49.0 Å². The van der Waals surface area contributed by atoms with Crippen LogP contribution in [0.15, 0.2) is 54.7 Å². The van der Waals surface area contributed by atoms with Gasteiger partial charge in [0.05, 0.1) is 23.3 Å². The summed E-state index contributed by atoms with van der Waals surface area (Å²) < 4.78 is 27.5. The molecule has 0 spiro atoms. The maximum absolute atomic E-state index is 14.0. The standard InChI is InChI=1S/C27H31F2N3O4/c1-27(2,36)11-10-18(25(30)34)14-22(33)21(12-16-6-4-3-5-7-16)32-26(35)19-13-17-8-9-20(28)23(29)24(17)31-15-19/h3-9,13,15,18,21-22,33,36H,10-12,14H2,1-2H3,(H2,30,34)(H,32,35)/t18-,21-,22-/m0/s1. The molecule has 3 atom stereocenters. The highest BCUT2D eigenvalue weighted by Crippen LogP contribution is 2.23. The number of nitrogens with one attached hydrogen (secondary N) is 1. The molecule has 2 aromatic carbocycles. The van der Waals surface area contributed by atoms with Gasteiger partial charge in [-0.3, -0.25) is 14.6 Å². The first-order valence-electron chi connectivity index (χ1n) is 11.7.